The first-order valence-electron chi connectivity index (χ1n) is 4.42. The van der Waals surface area contributed by atoms with Crippen molar-refractivity contribution in [3.05, 3.63) is 0 Å². The van der Waals surface area contributed by atoms with Crippen molar-refractivity contribution in [2.75, 3.05) is 19.7 Å². The van der Waals surface area contributed by atoms with E-state index in [2.05, 4.69) is 0 Å². The Bertz CT molecular complexity index is 101. The van der Waals surface area contributed by atoms with Crippen molar-refractivity contribution in [1.29, 1.82) is 0 Å². The van der Waals surface area contributed by atoms with Gasteiger partial charge in [0.2, 0.25) is 0 Å². The van der Waals surface area contributed by atoms with Crippen LogP contribution in [0, 0.1) is 0 Å². The first-order chi connectivity index (χ1) is 5.68. The summed E-state index contributed by atoms with van der Waals surface area (Å²) in [7, 11) is 0. The van der Waals surface area contributed by atoms with E-state index in [1.54, 1.807) is 0 Å². The van der Waals surface area contributed by atoms with Crippen LogP contribution >= 0.6 is 0 Å². The van der Waals surface area contributed by atoms with Crippen LogP contribution in [0.15, 0.2) is 0 Å². The van der Waals surface area contributed by atoms with Crippen molar-refractivity contribution in [2.24, 2.45) is 11.5 Å². The van der Waals surface area contributed by atoms with Crippen molar-refractivity contribution < 1.29 is 10.2 Å². The molecule has 12 heavy (non-hydrogen) atoms. The van der Waals surface area contributed by atoms with Crippen LogP contribution in [0.25, 0.3) is 0 Å². The van der Waals surface area contributed by atoms with Crippen LogP contribution in [-0.4, -0.2) is 35.5 Å². The highest BCUT2D eigenvalue weighted by Crippen LogP contribution is 2.27. The van der Waals surface area contributed by atoms with E-state index in [1.165, 1.54) is 0 Å². The van der Waals surface area contributed by atoms with Gasteiger partial charge in [-0.3, -0.25) is 0 Å². The van der Waals surface area contributed by atoms with Gasteiger partial charge in [-0.25, -0.2) is 0 Å². The van der Waals surface area contributed by atoms with E-state index < -0.39 is 5.60 Å². The molecule has 1 saturated carbocycles. The average Bonchev–Trinajstić information content (AvgIpc) is 2.54. The Hall–Kier alpha value is -0.160. The fourth-order valence-electron chi connectivity index (χ4n) is 1.24. The quantitative estimate of drug-likeness (QED) is 0.442. The second-order valence-electron chi connectivity index (χ2n) is 3.15. The molecule has 0 aromatic heterocycles. The van der Waals surface area contributed by atoms with Crippen LogP contribution in [0.1, 0.15) is 25.7 Å². The molecule has 1 rings (SSSR count). The SMILES string of the molecule is NCC1(O)CCCC1.NCCO. The number of aliphatic hydroxyl groups excluding tert-OH is 1. The largest absolute Gasteiger partial charge is 0.395 e. The lowest BCUT2D eigenvalue weighted by atomic mass is 10.0. The fourth-order valence-corrected chi connectivity index (χ4v) is 1.24. The van der Waals surface area contributed by atoms with Crippen LogP contribution in [0.4, 0.5) is 0 Å². The lowest BCUT2D eigenvalue weighted by Crippen LogP contribution is -2.33. The van der Waals surface area contributed by atoms with E-state index in [0.29, 0.717) is 13.1 Å². The molecule has 0 bridgehead atoms. The van der Waals surface area contributed by atoms with Crippen LogP contribution < -0.4 is 11.5 Å². The molecule has 1 aliphatic carbocycles. The molecule has 6 N–H and O–H groups in total. The zero-order valence-electron chi connectivity index (χ0n) is 7.50. The molecular formula is C8H20N2O2. The molecule has 4 nitrogen and oxygen atoms in total. The van der Waals surface area contributed by atoms with E-state index in [0.717, 1.165) is 25.7 Å². The lowest BCUT2D eigenvalue weighted by molar-refractivity contribution is 0.0570. The molecule has 4 heteroatoms. The highest BCUT2D eigenvalue weighted by molar-refractivity contribution is 4.84. The summed E-state index contributed by atoms with van der Waals surface area (Å²) in [6, 6.07) is 0. The van der Waals surface area contributed by atoms with E-state index >= 15 is 0 Å². The summed E-state index contributed by atoms with van der Waals surface area (Å²) >= 11 is 0. The molecule has 0 aromatic carbocycles. The Labute approximate surface area is 73.6 Å². The van der Waals surface area contributed by atoms with Gasteiger partial charge in [0.15, 0.2) is 0 Å². The van der Waals surface area contributed by atoms with Crippen molar-refractivity contribution in [3.8, 4) is 0 Å². The highest BCUT2D eigenvalue weighted by atomic mass is 16.3. The van der Waals surface area contributed by atoms with Gasteiger partial charge < -0.3 is 21.7 Å². The lowest BCUT2D eigenvalue weighted by Gasteiger charge is -2.18. The van der Waals surface area contributed by atoms with Gasteiger partial charge >= 0.3 is 0 Å². The van der Waals surface area contributed by atoms with Crippen molar-refractivity contribution in [3.63, 3.8) is 0 Å². The minimum absolute atomic E-state index is 0.0972. The Morgan fingerprint density at radius 3 is 1.75 bits per heavy atom. The molecule has 0 atom stereocenters. The fraction of sp³-hybridized carbons (Fsp3) is 1.00. The second kappa shape index (κ2) is 6.37. The van der Waals surface area contributed by atoms with Gasteiger partial charge in [0, 0.05) is 13.1 Å². The molecule has 0 amide bonds. The maximum Gasteiger partial charge on any atom is 0.0769 e. The molecule has 0 aliphatic heterocycles. The molecule has 0 radical (unpaired) electrons. The summed E-state index contributed by atoms with van der Waals surface area (Å²) in [6.07, 6.45) is 4.11. The van der Waals surface area contributed by atoms with Crippen LogP contribution in [-0.2, 0) is 0 Å². The zero-order valence-corrected chi connectivity index (χ0v) is 7.50. The summed E-state index contributed by atoms with van der Waals surface area (Å²) in [5, 5.41) is 17.1. The third kappa shape index (κ3) is 4.66. The van der Waals surface area contributed by atoms with E-state index in [1.807, 2.05) is 0 Å². The van der Waals surface area contributed by atoms with Gasteiger partial charge in [-0.15, -0.1) is 0 Å². The third-order valence-corrected chi connectivity index (χ3v) is 2.04. The van der Waals surface area contributed by atoms with E-state index in [9.17, 15) is 5.11 Å². The maximum absolute atomic E-state index is 9.38. The number of rotatable bonds is 2. The molecule has 0 heterocycles. The maximum atomic E-state index is 9.38. The number of nitrogens with two attached hydrogens (primary N) is 2. The summed E-state index contributed by atoms with van der Waals surface area (Å²) in [6.45, 7) is 0.910. The predicted octanol–water partition coefficient (Wildman–Crippen LogP) is -0.812. The standard InChI is InChI=1S/C6H13NO.C2H7NO/c7-5-6(8)3-1-2-4-6;3-1-2-4/h8H,1-5,7H2;4H,1-3H2. The molecule has 0 unspecified atom stereocenters. The zero-order chi connectivity index (χ0) is 9.45. The van der Waals surface area contributed by atoms with Gasteiger partial charge in [-0.1, -0.05) is 12.8 Å². The number of hydrogen-bond acceptors (Lipinski definition) is 4. The molecular weight excluding hydrogens is 156 g/mol. The minimum atomic E-state index is -0.486. The summed E-state index contributed by atoms with van der Waals surface area (Å²) in [5.74, 6) is 0. The Kier molecular flexibility index (Phi) is 6.28. The Balaban J connectivity index is 0.000000261. The number of hydrogen-bond donors (Lipinski definition) is 4. The van der Waals surface area contributed by atoms with Gasteiger partial charge in [-0.05, 0) is 12.8 Å². The van der Waals surface area contributed by atoms with Crippen molar-refractivity contribution in [1.82, 2.24) is 0 Å². The normalized spacial score (nSPS) is 20.0. The molecule has 0 aromatic rings. The van der Waals surface area contributed by atoms with Gasteiger partial charge in [0.1, 0.15) is 0 Å². The molecule has 1 fully saturated rings. The predicted molar refractivity (Wildman–Crippen MR) is 48.6 cm³/mol. The number of aliphatic hydroxyl groups is 2. The van der Waals surface area contributed by atoms with Gasteiger partial charge in [0.25, 0.3) is 0 Å². The van der Waals surface area contributed by atoms with Gasteiger partial charge in [-0.2, -0.15) is 0 Å². The Morgan fingerprint density at radius 1 is 1.17 bits per heavy atom. The third-order valence-electron chi connectivity index (χ3n) is 2.04. The van der Waals surface area contributed by atoms with Gasteiger partial charge in [0.05, 0.1) is 12.2 Å². The van der Waals surface area contributed by atoms with Crippen molar-refractivity contribution >= 4 is 0 Å². The van der Waals surface area contributed by atoms with Crippen LogP contribution in [0.5, 0.6) is 0 Å². The monoisotopic (exact) mass is 176 g/mol. The summed E-state index contributed by atoms with van der Waals surface area (Å²) < 4.78 is 0. The Morgan fingerprint density at radius 2 is 1.58 bits per heavy atom. The molecule has 0 spiro atoms. The topological polar surface area (TPSA) is 92.5 Å². The van der Waals surface area contributed by atoms with Crippen LogP contribution in [0.3, 0.4) is 0 Å². The minimum Gasteiger partial charge on any atom is -0.395 e. The second-order valence-corrected chi connectivity index (χ2v) is 3.15. The first kappa shape index (κ1) is 11.8. The summed E-state index contributed by atoms with van der Waals surface area (Å²) in [5.41, 5.74) is 9.61. The summed E-state index contributed by atoms with van der Waals surface area (Å²) in [4.78, 5) is 0. The molecule has 0 saturated heterocycles. The van der Waals surface area contributed by atoms with E-state index in [-0.39, 0.29) is 6.61 Å². The average molecular weight is 176 g/mol. The molecule has 74 valence electrons. The highest BCUT2D eigenvalue weighted by Gasteiger charge is 2.28. The first-order valence-corrected chi connectivity index (χ1v) is 4.42. The smallest absolute Gasteiger partial charge is 0.0769 e. The molecule has 1 aliphatic rings. The van der Waals surface area contributed by atoms with E-state index in [4.69, 9.17) is 16.6 Å². The van der Waals surface area contributed by atoms with Crippen LogP contribution in [0.2, 0.25) is 0 Å². The van der Waals surface area contributed by atoms with Crippen molar-refractivity contribution in [2.45, 2.75) is 31.3 Å².